The number of benzene rings is 2. The normalized spacial score (nSPS) is 15.4. The molecule has 0 amide bonds. The topological polar surface area (TPSA) is 109 Å². The zero-order valence-electron chi connectivity index (χ0n) is 17.6. The molecule has 0 saturated carbocycles. The molecule has 168 valence electrons. The number of hydrogen-bond acceptors (Lipinski definition) is 6. The number of sulfonamides is 1. The molecular formula is C21H23N5O4S2. The van der Waals surface area contributed by atoms with Crippen molar-refractivity contribution in [3.8, 4) is 5.88 Å². The molecule has 32 heavy (non-hydrogen) atoms. The highest BCUT2D eigenvalue weighted by molar-refractivity contribution is 7.89. The summed E-state index contributed by atoms with van der Waals surface area (Å²) in [5.41, 5.74) is 2.61. The largest absolute Gasteiger partial charge is 0.493 e. The van der Waals surface area contributed by atoms with Gasteiger partial charge in [0.25, 0.3) is 0 Å². The van der Waals surface area contributed by atoms with Crippen LogP contribution in [0.3, 0.4) is 0 Å². The summed E-state index contributed by atoms with van der Waals surface area (Å²) >= 11 is 5.25. The molecule has 0 bridgehead atoms. The lowest BCUT2D eigenvalue weighted by molar-refractivity contribution is 0.0730. The Balaban J connectivity index is 1.66. The van der Waals surface area contributed by atoms with Crippen LogP contribution in [0.1, 0.15) is 5.56 Å². The summed E-state index contributed by atoms with van der Waals surface area (Å²) in [4.78, 5) is 0.120. The fourth-order valence-electron chi connectivity index (χ4n) is 3.55. The van der Waals surface area contributed by atoms with E-state index in [2.05, 4.69) is 15.5 Å². The molecule has 1 fully saturated rings. The van der Waals surface area contributed by atoms with Crippen molar-refractivity contribution in [1.82, 2.24) is 8.87 Å². The van der Waals surface area contributed by atoms with Crippen molar-refractivity contribution in [2.24, 2.45) is 17.3 Å². The Kier molecular flexibility index (Phi) is 6.24. The zero-order valence-corrected chi connectivity index (χ0v) is 19.3. The molecule has 3 aromatic rings. The van der Waals surface area contributed by atoms with E-state index in [1.165, 1.54) is 21.0 Å². The zero-order chi connectivity index (χ0) is 22.9. The van der Waals surface area contributed by atoms with Crippen LogP contribution in [0.15, 0.2) is 57.6 Å². The summed E-state index contributed by atoms with van der Waals surface area (Å²) in [5.74, 6) is -0.136. The second-order valence-corrected chi connectivity index (χ2v) is 9.75. The second kappa shape index (κ2) is 8.94. The quantitative estimate of drug-likeness (QED) is 0.442. The molecule has 0 unspecified atom stereocenters. The van der Waals surface area contributed by atoms with Gasteiger partial charge in [-0.1, -0.05) is 12.1 Å². The minimum absolute atomic E-state index is 0.115. The van der Waals surface area contributed by atoms with Crippen LogP contribution in [0.2, 0.25) is 0 Å². The van der Waals surface area contributed by atoms with E-state index >= 15 is 0 Å². The molecule has 2 N–H and O–H groups in total. The molecule has 0 aliphatic carbocycles. The van der Waals surface area contributed by atoms with Gasteiger partial charge in [-0.15, -0.1) is 10.2 Å². The summed E-state index contributed by atoms with van der Waals surface area (Å²) in [6.45, 7) is 3.28. The summed E-state index contributed by atoms with van der Waals surface area (Å²) in [6, 6.07) is 12.3. The van der Waals surface area contributed by atoms with Crippen LogP contribution in [0, 0.1) is 6.92 Å². The van der Waals surface area contributed by atoms with E-state index in [1.54, 1.807) is 13.1 Å². The van der Waals surface area contributed by atoms with Gasteiger partial charge in [0.05, 0.1) is 23.6 Å². The molecule has 11 heteroatoms. The van der Waals surface area contributed by atoms with Crippen molar-refractivity contribution in [2.75, 3.05) is 31.6 Å². The molecule has 1 aromatic heterocycles. The number of aromatic hydroxyl groups is 1. The van der Waals surface area contributed by atoms with Gasteiger partial charge in [-0.05, 0) is 55.0 Å². The van der Waals surface area contributed by atoms with Crippen LogP contribution in [0.25, 0.3) is 10.9 Å². The van der Waals surface area contributed by atoms with Crippen molar-refractivity contribution >= 4 is 49.6 Å². The summed E-state index contributed by atoms with van der Waals surface area (Å²) < 4.78 is 34.3. The van der Waals surface area contributed by atoms with Crippen molar-refractivity contribution < 1.29 is 18.3 Å². The monoisotopic (exact) mass is 473 g/mol. The Morgan fingerprint density at radius 1 is 1.19 bits per heavy atom. The van der Waals surface area contributed by atoms with E-state index in [0.29, 0.717) is 37.2 Å². The Labute approximate surface area is 191 Å². The first-order valence-corrected chi connectivity index (χ1v) is 11.8. The highest BCUT2D eigenvalue weighted by Crippen LogP contribution is 2.39. The van der Waals surface area contributed by atoms with E-state index in [0.717, 1.165) is 11.3 Å². The van der Waals surface area contributed by atoms with Gasteiger partial charge in [0.2, 0.25) is 21.0 Å². The predicted octanol–water partition coefficient (Wildman–Crippen LogP) is 3.69. The highest BCUT2D eigenvalue weighted by Gasteiger charge is 2.27. The van der Waals surface area contributed by atoms with E-state index < -0.39 is 10.0 Å². The van der Waals surface area contributed by atoms with Gasteiger partial charge in [0, 0.05) is 31.2 Å². The van der Waals surface area contributed by atoms with Gasteiger partial charge in [0.15, 0.2) is 5.69 Å². The average Bonchev–Trinajstić information content (AvgIpc) is 3.02. The van der Waals surface area contributed by atoms with Crippen LogP contribution in [-0.4, -0.2) is 53.8 Å². The first kappa shape index (κ1) is 22.3. The van der Waals surface area contributed by atoms with Gasteiger partial charge in [-0.2, -0.15) is 4.31 Å². The molecule has 1 aliphatic heterocycles. The Bertz CT molecular complexity index is 1310. The maximum atomic E-state index is 13.0. The molecule has 0 atom stereocenters. The van der Waals surface area contributed by atoms with Crippen LogP contribution in [0.4, 0.5) is 11.4 Å². The average molecular weight is 474 g/mol. The number of aryl methyl sites for hydroxylation is 2. The molecule has 2 aromatic carbocycles. The predicted molar refractivity (Wildman–Crippen MR) is 126 cm³/mol. The molecule has 1 saturated heterocycles. The Morgan fingerprint density at radius 3 is 2.66 bits per heavy atom. The summed E-state index contributed by atoms with van der Waals surface area (Å²) in [6.07, 6.45) is 0. The molecule has 0 radical (unpaired) electrons. The lowest BCUT2D eigenvalue weighted by Crippen LogP contribution is -2.40. The third-order valence-electron chi connectivity index (χ3n) is 5.23. The molecule has 1 aliphatic rings. The molecule has 4 rings (SSSR count). The Morgan fingerprint density at radius 2 is 1.94 bits per heavy atom. The summed E-state index contributed by atoms with van der Waals surface area (Å²) in [7, 11) is -2.04. The number of morpholine rings is 1. The number of azo groups is 1. The molecule has 9 nitrogen and oxygen atoms in total. The number of fused-ring (bicyclic) bond motifs is 1. The number of hydrogen-bond donors (Lipinski definition) is 2. The van der Waals surface area contributed by atoms with Crippen LogP contribution < -0.4 is 5.32 Å². The van der Waals surface area contributed by atoms with Crippen molar-refractivity contribution in [3.05, 3.63) is 48.0 Å². The lowest BCUT2D eigenvalue weighted by atomic mass is 10.2. The van der Waals surface area contributed by atoms with Crippen molar-refractivity contribution in [1.29, 1.82) is 0 Å². The smallest absolute Gasteiger partial charge is 0.243 e. The van der Waals surface area contributed by atoms with Crippen LogP contribution in [0.5, 0.6) is 5.88 Å². The van der Waals surface area contributed by atoms with Crippen molar-refractivity contribution in [3.63, 3.8) is 0 Å². The number of thiocarbonyl (C=S) groups is 1. The van der Waals surface area contributed by atoms with Crippen LogP contribution >= 0.6 is 12.2 Å². The maximum absolute atomic E-state index is 13.0. The van der Waals surface area contributed by atoms with E-state index in [-0.39, 0.29) is 21.6 Å². The molecule has 0 spiro atoms. The molecular weight excluding hydrogens is 450 g/mol. The summed E-state index contributed by atoms with van der Waals surface area (Å²) in [5, 5.41) is 22.3. The maximum Gasteiger partial charge on any atom is 0.243 e. The van der Waals surface area contributed by atoms with Gasteiger partial charge in [-0.25, -0.2) is 8.42 Å². The second-order valence-electron chi connectivity index (χ2n) is 7.43. The van der Waals surface area contributed by atoms with E-state index in [9.17, 15) is 13.5 Å². The third-order valence-corrected chi connectivity index (χ3v) is 7.31. The molecule has 2 heterocycles. The number of anilines is 1. The first-order chi connectivity index (χ1) is 15.3. The first-order valence-electron chi connectivity index (χ1n) is 9.96. The third kappa shape index (κ3) is 4.37. The van der Waals surface area contributed by atoms with E-state index in [1.807, 2.05) is 31.2 Å². The number of rotatable bonds is 4. The fraction of sp³-hybridized carbons (Fsp3) is 0.286. The van der Waals surface area contributed by atoms with Gasteiger partial charge < -0.3 is 19.7 Å². The van der Waals surface area contributed by atoms with Gasteiger partial charge in [0.1, 0.15) is 0 Å². The fourth-order valence-corrected chi connectivity index (χ4v) is 5.15. The SMILES string of the molecule is Cc1cccc(NC(=S)N=Nc2c(O)n(C)c3ccc(S(=O)(=O)N4CCOCC4)cc23)c1. The van der Waals surface area contributed by atoms with E-state index in [4.69, 9.17) is 17.0 Å². The number of aromatic nitrogens is 1. The Hall–Kier alpha value is -2.86. The standard InChI is InChI=1S/C21H23N5O4S2/c1-14-4-3-5-15(12-14)22-21(31)24-23-19-17-13-16(6-7-18(17)25(2)20(19)27)32(28,29)26-8-10-30-11-9-26/h3-7,12-13,27H,8-11H2,1-2H3,(H,22,31). The number of ether oxygens (including phenoxy) is 1. The minimum atomic E-state index is -3.70. The van der Waals surface area contributed by atoms with Gasteiger partial charge >= 0.3 is 0 Å². The minimum Gasteiger partial charge on any atom is -0.493 e. The number of nitrogens with zero attached hydrogens (tertiary/aromatic N) is 4. The highest BCUT2D eigenvalue weighted by atomic mass is 32.2. The lowest BCUT2D eigenvalue weighted by Gasteiger charge is -2.26. The van der Waals surface area contributed by atoms with Crippen molar-refractivity contribution in [2.45, 2.75) is 11.8 Å². The van der Waals surface area contributed by atoms with Crippen LogP contribution in [-0.2, 0) is 21.8 Å². The number of nitrogens with one attached hydrogen (secondary N) is 1. The van der Waals surface area contributed by atoms with Gasteiger partial charge in [-0.3, -0.25) is 0 Å².